The van der Waals surface area contributed by atoms with E-state index >= 15 is 0 Å². The normalized spacial score (nSPS) is 12.4. The van der Waals surface area contributed by atoms with Crippen LogP contribution in [0.4, 0.5) is 5.82 Å². The maximum absolute atomic E-state index is 12.2. The maximum atomic E-state index is 12.2. The predicted molar refractivity (Wildman–Crippen MR) is 100.0 cm³/mol. The van der Waals surface area contributed by atoms with Gasteiger partial charge in [0.2, 0.25) is 0 Å². The molecule has 1 N–H and O–H groups in total. The minimum absolute atomic E-state index is 0.108. The van der Waals surface area contributed by atoms with Crippen LogP contribution in [0.3, 0.4) is 0 Å². The molecule has 0 spiro atoms. The van der Waals surface area contributed by atoms with Crippen LogP contribution in [-0.4, -0.2) is 27.8 Å². The molecule has 6 nitrogen and oxygen atoms in total. The summed E-state index contributed by atoms with van der Waals surface area (Å²) in [4.78, 5) is 24.0. The Balaban J connectivity index is 1.90. The van der Waals surface area contributed by atoms with E-state index in [-0.39, 0.29) is 6.04 Å². The molecule has 0 radical (unpaired) electrons. The Hall–Kier alpha value is -2.41. The number of amides is 1. The zero-order valence-corrected chi connectivity index (χ0v) is 15.9. The number of hydrogen-bond donors (Lipinski definition) is 1. The summed E-state index contributed by atoms with van der Waals surface area (Å²) in [5.41, 5.74) is 0.859. The zero-order chi connectivity index (χ0) is 18.4. The molecule has 1 amide bonds. The minimum Gasteiger partial charge on any atom is -0.449 e. The summed E-state index contributed by atoms with van der Waals surface area (Å²) in [6.45, 7) is 5.44. The van der Waals surface area contributed by atoms with E-state index in [2.05, 4.69) is 26.3 Å². The third-order valence-electron chi connectivity index (χ3n) is 3.35. The van der Waals surface area contributed by atoms with Crippen LogP contribution in [0.25, 0.3) is 6.08 Å². The van der Waals surface area contributed by atoms with E-state index in [9.17, 15) is 9.59 Å². The standard InChI is InChI=1S/C18H20BrN3O3/c1-12(2)22-16(10-11-20-22)21-18(24)13(3)25-17(23)9-6-14-4-7-15(19)8-5-14/h4-13H,1-3H3,(H,21,24)/b9-6+/t13-/m0/s1. The van der Waals surface area contributed by atoms with Gasteiger partial charge in [-0.3, -0.25) is 4.79 Å². The van der Waals surface area contributed by atoms with Gasteiger partial charge < -0.3 is 10.1 Å². The van der Waals surface area contributed by atoms with Crippen LogP contribution in [0.2, 0.25) is 0 Å². The minimum atomic E-state index is -0.919. The molecular formula is C18H20BrN3O3. The van der Waals surface area contributed by atoms with E-state index in [1.165, 1.54) is 13.0 Å². The predicted octanol–water partition coefficient (Wildman–Crippen LogP) is 3.81. The van der Waals surface area contributed by atoms with Crippen molar-refractivity contribution in [2.45, 2.75) is 32.9 Å². The number of nitrogens with one attached hydrogen (secondary N) is 1. The first-order chi connectivity index (χ1) is 11.9. The number of halogens is 1. The molecule has 0 saturated heterocycles. The molecule has 0 aliphatic rings. The first-order valence-electron chi connectivity index (χ1n) is 7.85. The van der Waals surface area contributed by atoms with Crippen molar-refractivity contribution in [3.05, 3.63) is 52.6 Å². The van der Waals surface area contributed by atoms with Gasteiger partial charge in [-0.25, -0.2) is 9.48 Å². The second-order valence-corrected chi connectivity index (χ2v) is 6.62. The SMILES string of the molecule is CC(C)n1nccc1NC(=O)[C@H](C)OC(=O)/C=C/c1ccc(Br)cc1. The van der Waals surface area contributed by atoms with Crippen molar-refractivity contribution in [3.63, 3.8) is 0 Å². The molecule has 0 fully saturated rings. The third-order valence-corrected chi connectivity index (χ3v) is 3.88. The summed E-state index contributed by atoms with van der Waals surface area (Å²) in [5, 5.41) is 6.85. The Labute approximate surface area is 155 Å². The molecule has 0 aliphatic heterocycles. The smallest absolute Gasteiger partial charge is 0.331 e. The highest BCUT2D eigenvalue weighted by molar-refractivity contribution is 9.10. The van der Waals surface area contributed by atoms with Crippen LogP contribution in [0.1, 0.15) is 32.4 Å². The van der Waals surface area contributed by atoms with E-state index < -0.39 is 18.0 Å². The first kappa shape index (κ1) is 18.9. The van der Waals surface area contributed by atoms with Crippen LogP contribution in [-0.2, 0) is 14.3 Å². The van der Waals surface area contributed by atoms with Crippen molar-refractivity contribution in [2.75, 3.05) is 5.32 Å². The lowest BCUT2D eigenvalue weighted by atomic mass is 10.2. The number of rotatable bonds is 6. The van der Waals surface area contributed by atoms with E-state index in [0.29, 0.717) is 5.82 Å². The topological polar surface area (TPSA) is 73.2 Å². The van der Waals surface area contributed by atoms with Crippen LogP contribution in [0.5, 0.6) is 0 Å². The van der Waals surface area contributed by atoms with E-state index in [0.717, 1.165) is 10.0 Å². The summed E-state index contributed by atoms with van der Waals surface area (Å²) < 4.78 is 7.77. The van der Waals surface area contributed by atoms with Gasteiger partial charge in [-0.05, 0) is 44.5 Å². The fourth-order valence-electron chi connectivity index (χ4n) is 2.06. The molecule has 1 aromatic carbocycles. The zero-order valence-electron chi connectivity index (χ0n) is 14.3. The van der Waals surface area contributed by atoms with Gasteiger partial charge in [-0.2, -0.15) is 5.10 Å². The highest BCUT2D eigenvalue weighted by Crippen LogP contribution is 2.14. The summed E-state index contributed by atoms with van der Waals surface area (Å²) in [6, 6.07) is 9.27. The maximum Gasteiger partial charge on any atom is 0.331 e. The Morgan fingerprint density at radius 1 is 1.20 bits per heavy atom. The van der Waals surface area contributed by atoms with Crippen molar-refractivity contribution in [3.8, 4) is 0 Å². The largest absolute Gasteiger partial charge is 0.449 e. The van der Waals surface area contributed by atoms with Crippen molar-refractivity contribution < 1.29 is 14.3 Å². The average Bonchev–Trinajstić information content (AvgIpc) is 3.02. The number of hydrogen-bond acceptors (Lipinski definition) is 4. The van der Waals surface area contributed by atoms with Gasteiger partial charge in [0.1, 0.15) is 5.82 Å². The Morgan fingerprint density at radius 3 is 2.52 bits per heavy atom. The second-order valence-electron chi connectivity index (χ2n) is 5.71. The summed E-state index contributed by atoms with van der Waals surface area (Å²) >= 11 is 3.35. The average molecular weight is 406 g/mol. The van der Waals surface area contributed by atoms with Gasteiger partial charge in [0.15, 0.2) is 6.10 Å². The molecular weight excluding hydrogens is 386 g/mol. The first-order valence-corrected chi connectivity index (χ1v) is 8.64. The fraction of sp³-hybridized carbons (Fsp3) is 0.278. The number of anilines is 1. The van der Waals surface area contributed by atoms with Crippen molar-refractivity contribution in [1.29, 1.82) is 0 Å². The van der Waals surface area contributed by atoms with Crippen LogP contribution in [0, 0.1) is 0 Å². The third kappa shape index (κ3) is 5.56. The van der Waals surface area contributed by atoms with E-state index in [1.807, 2.05) is 38.1 Å². The molecule has 2 rings (SSSR count). The number of carbonyl (C=O) groups excluding carboxylic acids is 2. The lowest BCUT2D eigenvalue weighted by Crippen LogP contribution is -2.30. The van der Waals surface area contributed by atoms with Crippen molar-refractivity contribution in [2.24, 2.45) is 0 Å². The van der Waals surface area contributed by atoms with Gasteiger partial charge in [-0.15, -0.1) is 0 Å². The Bertz CT molecular complexity index is 766. The molecule has 1 atom stereocenters. The molecule has 0 bridgehead atoms. The van der Waals surface area contributed by atoms with Crippen molar-refractivity contribution >= 4 is 39.7 Å². The van der Waals surface area contributed by atoms with Crippen LogP contribution in [0.15, 0.2) is 47.1 Å². The molecule has 0 saturated carbocycles. The van der Waals surface area contributed by atoms with Crippen LogP contribution < -0.4 is 5.32 Å². The number of carbonyl (C=O) groups is 2. The van der Waals surface area contributed by atoms with Crippen LogP contribution >= 0.6 is 15.9 Å². The Morgan fingerprint density at radius 2 is 1.88 bits per heavy atom. The van der Waals surface area contributed by atoms with Gasteiger partial charge in [0.05, 0.1) is 6.20 Å². The molecule has 2 aromatic rings. The number of nitrogens with zero attached hydrogens (tertiary/aromatic N) is 2. The van der Waals surface area contributed by atoms with E-state index in [4.69, 9.17) is 4.74 Å². The van der Waals surface area contributed by atoms with Gasteiger partial charge in [0, 0.05) is 22.7 Å². The second kappa shape index (κ2) is 8.62. The lowest BCUT2D eigenvalue weighted by Gasteiger charge is -2.15. The number of esters is 1. The monoisotopic (exact) mass is 405 g/mol. The highest BCUT2D eigenvalue weighted by Gasteiger charge is 2.18. The van der Waals surface area contributed by atoms with Gasteiger partial charge in [-0.1, -0.05) is 28.1 Å². The van der Waals surface area contributed by atoms with Gasteiger partial charge in [0.25, 0.3) is 5.91 Å². The summed E-state index contributed by atoms with van der Waals surface area (Å²) in [7, 11) is 0. The van der Waals surface area contributed by atoms with E-state index in [1.54, 1.807) is 23.0 Å². The number of aromatic nitrogens is 2. The molecule has 0 unspecified atom stereocenters. The number of benzene rings is 1. The molecule has 0 aliphatic carbocycles. The molecule has 1 heterocycles. The number of ether oxygens (including phenoxy) is 1. The van der Waals surface area contributed by atoms with Crippen molar-refractivity contribution in [1.82, 2.24) is 9.78 Å². The quantitative estimate of drug-likeness (QED) is 0.585. The summed E-state index contributed by atoms with van der Waals surface area (Å²) in [6.07, 6.45) is 3.61. The fourth-order valence-corrected chi connectivity index (χ4v) is 2.32. The highest BCUT2D eigenvalue weighted by atomic mass is 79.9. The molecule has 1 aromatic heterocycles. The molecule has 7 heteroatoms. The molecule has 25 heavy (non-hydrogen) atoms. The summed E-state index contributed by atoms with van der Waals surface area (Å²) in [5.74, 6) is -0.427. The molecule has 132 valence electrons. The lowest BCUT2D eigenvalue weighted by molar-refractivity contribution is -0.148. The Kier molecular flexibility index (Phi) is 6.52. The van der Waals surface area contributed by atoms with Gasteiger partial charge >= 0.3 is 5.97 Å².